The summed E-state index contributed by atoms with van der Waals surface area (Å²) in [5, 5.41) is 12.2. The van der Waals surface area contributed by atoms with Gasteiger partial charge in [-0.1, -0.05) is 23.7 Å². The highest BCUT2D eigenvalue weighted by Crippen LogP contribution is 2.40. The van der Waals surface area contributed by atoms with E-state index >= 15 is 0 Å². The molecule has 1 fully saturated rings. The summed E-state index contributed by atoms with van der Waals surface area (Å²) in [4.78, 5) is 0. The second-order valence-electron chi connectivity index (χ2n) is 5.17. The normalized spacial score (nSPS) is 25.2. The third kappa shape index (κ3) is 1.51. The van der Waals surface area contributed by atoms with Crippen LogP contribution >= 0.6 is 11.6 Å². The molecule has 2 aromatic rings. The monoisotopic (exact) mass is 259 g/mol. The summed E-state index contributed by atoms with van der Waals surface area (Å²) in [7, 11) is 0. The largest absolute Gasteiger partial charge is 0.307 e. The zero-order chi connectivity index (χ0) is 12.1. The minimum absolute atomic E-state index is 0.475. The van der Waals surface area contributed by atoms with E-state index in [2.05, 4.69) is 15.5 Å². The Labute approximate surface area is 111 Å². The van der Waals surface area contributed by atoms with Gasteiger partial charge in [-0.15, -0.1) is 0 Å². The van der Waals surface area contributed by atoms with Crippen LogP contribution in [0, 0.1) is 0 Å². The Balaban J connectivity index is 1.83. The van der Waals surface area contributed by atoms with Crippen LogP contribution in [-0.2, 0) is 6.42 Å². The molecule has 2 aliphatic rings. The SMILES string of the molecule is Clc1ccc(-c2n[nH]c3c2[C@@H]2CC[C@@H](C3)N2)cc1. The van der Waals surface area contributed by atoms with E-state index in [0.29, 0.717) is 12.1 Å². The molecular formula is C14H14ClN3. The Bertz CT molecular complexity index is 588. The maximum atomic E-state index is 5.94. The summed E-state index contributed by atoms with van der Waals surface area (Å²) in [5.41, 5.74) is 4.90. The van der Waals surface area contributed by atoms with Crippen molar-refractivity contribution in [2.24, 2.45) is 0 Å². The van der Waals surface area contributed by atoms with Crippen molar-refractivity contribution >= 4 is 11.6 Å². The summed E-state index contributed by atoms with van der Waals surface area (Å²) < 4.78 is 0. The third-order valence-corrected chi connectivity index (χ3v) is 4.29. The number of H-pyrrole nitrogens is 1. The van der Waals surface area contributed by atoms with Crippen molar-refractivity contribution in [1.29, 1.82) is 0 Å². The molecule has 0 saturated carbocycles. The van der Waals surface area contributed by atoms with Gasteiger partial charge in [-0.05, 0) is 25.0 Å². The fourth-order valence-electron chi connectivity index (χ4n) is 3.20. The van der Waals surface area contributed by atoms with Crippen LogP contribution in [0.2, 0.25) is 5.02 Å². The molecule has 0 radical (unpaired) electrons. The zero-order valence-electron chi connectivity index (χ0n) is 9.91. The summed E-state index contributed by atoms with van der Waals surface area (Å²) >= 11 is 5.94. The van der Waals surface area contributed by atoms with E-state index < -0.39 is 0 Å². The fourth-order valence-corrected chi connectivity index (χ4v) is 3.33. The first-order valence-electron chi connectivity index (χ1n) is 6.40. The molecule has 0 spiro atoms. The lowest BCUT2D eigenvalue weighted by molar-refractivity contribution is 0.511. The number of benzene rings is 1. The Morgan fingerprint density at radius 1 is 1.17 bits per heavy atom. The second-order valence-corrected chi connectivity index (χ2v) is 5.61. The summed E-state index contributed by atoms with van der Waals surface area (Å²) in [5.74, 6) is 0. The first-order chi connectivity index (χ1) is 8.81. The van der Waals surface area contributed by atoms with Crippen molar-refractivity contribution in [2.75, 3.05) is 0 Å². The molecule has 0 unspecified atom stereocenters. The molecule has 4 heteroatoms. The lowest BCUT2D eigenvalue weighted by atomic mass is 9.96. The number of aromatic amines is 1. The van der Waals surface area contributed by atoms with Gasteiger partial charge in [-0.3, -0.25) is 5.10 Å². The van der Waals surface area contributed by atoms with Crippen molar-refractivity contribution in [2.45, 2.75) is 31.3 Å². The van der Waals surface area contributed by atoms with Gasteiger partial charge in [-0.25, -0.2) is 0 Å². The van der Waals surface area contributed by atoms with E-state index in [1.807, 2.05) is 24.3 Å². The van der Waals surface area contributed by atoms with Gasteiger partial charge < -0.3 is 5.32 Å². The van der Waals surface area contributed by atoms with Crippen LogP contribution in [-0.4, -0.2) is 16.2 Å². The van der Waals surface area contributed by atoms with Gasteiger partial charge >= 0.3 is 0 Å². The number of nitrogens with one attached hydrogen (secondary N) is 2. The van der Waals surface area contributed by atoms with Gasteiger partial charge in [0.2, 0.25) is 0 Å². The molecule has 0 aliphatic carbocycles. The van der Waals surface area contributed by atoms with Crippen LogP contribution < -0.4 is 5.32 Å². The number of fused-ring (bicyclic) bond motifs is 4. The minimum atomic E-state index is 0.475. The molecule has 92 valence electrons. The number of hydrogen-bond donors (Lipinski definition) is 2. The predicted octanol–water partition coefficient (Wildman–Crippen LogP) is 3.08. The first kappa shape index (κ1) is 10.6. The summed E-state index contributed by atoms with van der Waals surface area (Å²) in [6, 6.07) is 9.04. The van der Waals surface area contributed by atoms with E-state index in [-0.39, 0.29) is 0 Å². The average Bonchev–Trinajstić information content (AvgIpc) is 2.96. The van der Waals surface area contributed by atoms with Gasteiger partial charge in [-0.2, -0.15) is 5.10 Å². The van der Waals surface area contributed by atoms with Gasteiger partial charge in [0.05, 0.1) is 5.69 Å². The van der Waals surface area contributed by atoms with E-state index in [1.54, 1.807) is 0 Å². The van der Waals surface area contributed by atoms with Gasteiger partial charge in [0.1, 0.15) is 0 Å². The molecule has 1 aromatic carbocycles. The molecular weight excluding hydrogens is 246 g/mol. The van der Waals surface area contributed by atoms with Crippen LogP contribution in [0.25, 0.3) is 11.3 Å². The van der Waals surface area contributed by atoms with Crippen molar-refractivity contribution in [1.82, 2.24) is 15.5 Å². The minimum Gasteiger partial charge on any atom is -0.307 e. The Morgan fingerprint density at radius 2 is 2.00 bits per heavy atom. The highest BCUT2D eigenvalue weighted by atomic mass is 35.5. The van der Waals surface area contributed by atoms with Crippen molar-refractivity contribution < 1.29 is 0 Å². The highest BCUT2D eigenvalue weighted by Gasteiger charge is 2.35. The van der Waals surface area contributed by atoms with Gasteiger partial charge in [0, 0.05) is 40.3 Å². The summed E-state index contributed by atoms with van der Waals surface area (Å²) in [6.07, 6.45) is 3.57. The number of hydrogen-bond acceptors (Lipinski definition) is 2. The molecule has 3 heterocycles. The molecule has 1 aromatic heterocycles. The molecule has 2 atom stereocenters. The van der Waals surface area contributed by atoms with Crippen LogP contribution in [0.5, 0.6) is 0 Å². The second kappa shape index (κ2) is 3.84. The van der Waals surface area contributed by atoms with Crippen molar-refractivity contribution in [3.8, 4) is 11.3 Å². The lowest BCUT2D eigenvalue weighted by Crippen LogP contribution is -2.31. The number of halogens is 1. The van der Waals surface area contributed by atoms with E-state index in [0.717, 1.165) is 22.7 Å². The topological polar surface area (TPSA) is 40.7 Å². The van der Waals surface area contributed by atoms with Crippen LogP contribution in [0.3, 0.4) is 0 Å². The Kier molecular flexibility index (Phi) is 2.26. The van der Waals surface area contributed by atoms with E-state index in [9.17, 15) is 0 Å². The molecule has 18 heavy (non-hydrogen) atoms. The fraction of sp³-hybridized carbons (Fsp3) is 0.357. The van der Waals surface area contributed by atoms with Crippen LogP contribution in [0.4, 0.5) is 0 Å². The van der Waals surface area contributed by atoms with Crippen molar-refractivity contribution in [3.63, 3.8) is 0 Å². The number of aromatic nitrogens is 2. The predicted molar refractivity (Wildman–Crippen MR) is 71.6 cm³/mol. The van der Waals surface area contributed by atoms with Gasteiger partial charge in [0.25, 0.3) is 0 Å². The van der Waals surface area contributed by atoms with Crippen LogP contribution in [0.1, 0.15) is 30.1 Å². The average molecular weight is 260 g/mol. The molecule has 2 aliphatic heterocycles. The lowest BCUT2D eigenvalue weighted by Gasteiger charge is -2.21. The summed E-state index contributed by atoms with van der Waals surface area (Å²) in [6.45, 7) is 0. The highest BCUT2D eigenvalue weighted by molar-refractivity contribution is 6.30. The smallest absolute Gasteiger partial charge is 0.0971 e. The quantitative estimate of drug-likeness (QED) is 0.826. The first-order valence-corrected chi connectivity index (χ1v) is 6.78. The molecule has 3 nitrogen and oxygen atoms in total. The van der Waals surface area contributed by atoms with Gasteiger partial charge in [0.15, 0.2) is 0 Å². The molecule has 2 N–H and O–H groups in total. The zero-order valence-corrected chi connectivity index (χ0v) is 10.7. The number of rotatable bonds is 1. The molecule has 0 amide bonds. The van der Waals surface area contributed by atoms with E-state index in [1.165, 1.54) is 24.1 Å². The maximum Gasteiger partial charge on any atom is 0.0971 e. The van der Waals surface area contributed by atoms with E-state index in [4.69, 9.17) is 11.6 Å². The Morgan fingerprint density at radius 3 is 2.83 bits per heavy atom. The van der Waals surface area contributed by atoms with Crippen molar-refractivity contribution in [3.05, 3.63) is 40.5 Å². The standard InChI is InChI=1S/C14H14ClN3/c15-9-3-1-8(2-4-9)14-13-11-6-5-10(16-11)7-12(13)17-18-14/h1-4,10-11,16H,5-7H2,(H,17,18)/t10-,11-/m0/s1. The Hall–Kier alpha value is -1.32. The number of nitrogens with zero attached hydrogens (tertiary/aromatic N) is 1. The third-order valence-electron chi connectivity index (χ3n) is 4.04. The van der Waals surface area contributed by atoms with Crippen LogP contribution in [0.15, 0.2) is 24.3 Å². The molecule has 2 bridgehead atoms. The molecule has 1 saturated heterocycles. The maximum absolute atomic E-state index is 5.94. The molecule has 4 rings (SSSR count).